The number of nitrogens with zero attached hydrogens (tertiary/aromatic N) is 1. The van der Waals surface area contributed by atoms with E-state index < -0.39 is 5.63 Å². The summed E-state index contributed by atoms with van der Waals surface area (Å²) in [5, 5.41) is 3.72. The minimum atomic E-state index is -0.419. The molecule has 1 aliphatic heterocycles. The molecule has 0 aliphatic carbocycles. The fraction of sp³-hybridized carbons (Fsp3) is 0.474. The lowest BCUT2D eigenvalue weighted by molar-refractivity contribution is -0.123. The summed E-state index contributed by atoms with van der Waals surface area (Å²) < 4.78 is 16.0. The summed E-state index contributed by atoms with van der Waals surface area (Å²) in [5.74, 6) is 0.287. The van der Waals surface area contributed by atoms with Crippen LogP contribution in [0, 0.1) is 0 Å². The van der Waals surface area contributed by atoms with Crippen LogP contribution in [0.15, 0.2) is 39.5 Å². The smallest absolute Gasteiger partial charge is 0.336 e. The monoisotopic (exact) mass is 360 g/mol. The molecule has 0 spiro atoms. The Morgan fingerprint density at radius 3 is 2.73 bits per heavy atom. The van der Waals surface area contributed by atoms with Gasteiger partial charge in [-0.15, -0.1) is 0 Å². The van der Waals surface area contributed by atoms with Gasteiger partial charge in [0.05, 0.1) is 13.2 Å². The zero-order chi connectivity index (χ0) is 18.6. The zero-order valence-electron chi connectivity index (χ0n) is 15.1. The Labute approximate surface area is 151 Å². The van der Waals surface area contributed by atoms with Crippen molar-refractivity contribution in [1.29, 1.82) is 0 Å². The van der Waals surface area contributed by atoms with Gasteiger partial charge in [-0.05, 0) is 32.0 Å². The van der Waals surface area contributed by atoms with E-state index in [1.165, 1.54) is 6.07 Å². The summed E-state index contributed by atoms with van der Waals surface area (Å²) >= 11 is 0. The predicted molar refractivity (Wildman–Crippen MR) is 97.5 cm³/mol. The normalized spacial score (nSPS) is 15.8. The maximum absolute atomic E-state index is 12.1. The number of hydrogen-bond donors (Lipinski definition) is 1. The summed E-state index contributed by atoms with van der Waals surface area (Å²) in [6, 6.07) is 8.19. The number of ether oxygens (including phenoxy) is 2. The fourth-order valence-electron chi connectivity index (χ4n) is 2.93. The van der Waals surface area contributed by atoms with Crippen molar-refractivity contribution in [2.24, 2.45) is 0 Å². The van der Waals surface area contributed by atoms with Gasteiger partial charge in [0.25, 0.3) is 5.91 Å². The van der Waals surface area contributed by atoms with E-state index in [0.717, 1.165) is 31.7 Å². The Morgan fingerprint density at radius 1 is 1.23 bits per heavy atom. The first kappa shape index (κ1) is 18.4. The Morgan fingerprint density at radius 2 is 1.96 bits per heavy atom. The number of rotatable bonds is 6. The lowest BCUT2D eigenvalue weighted by Crippen LogP contribution is -2.55. The highest BCUT2D eigenvalue weighted by Crippen LogP contribution is 2.19. The van der Waals surface area contributed by atoms with Gasteiger partial charge >= 0.3 is 5.63 Å². The van der Waals surface area contributed by atoms with Crippen LogP contribution >= 0.6 is 0 Å². The molecule has 1 amide bonds. The van der Waals surface area contributed by atoms with E-state index in [-0.39, 0.29) is 18.1 Å². The van der Waals surface area contributed by atoms with Crippen LogP contribution in [0.5, 0.6) is 5.75 Å². The summed E-state index contributed by atoms with van der Waals surface area (Å²) in [7, 11) is 0. The highest BCUT2D eigenvalue weighted by Gasteiger charge is 2.28. The fourth-order valence-corrected chi connectivity index (χ4v) is 2.93. The second-order valence-electron chi connectivity index (χ2n) is 6.93. The molecule has 0 atom stereocenters. The molecule has 0 radical (unpaired) electrons. The second kappa shape index (κ2) is 7.88. The van der Waals surface area contributed by atoms with E-state index in [1.807, 2.05) is 0 Å². The Bertz CT molecular complexity index is 824. The standard InChI is InChI=1S/C19H24N2O5/c1-19(2,21-7-9-24-10-8-21)13-20-17(22)12-25-15-5-3-14-4-6-18(23)26-16(14)11-15/h3-6,11H,7-10,12-13H2,1-2H3,(H,20,22). The van der Waals surface area contributed by atoms with E-state index in [9.17, 15) is 9.59 Å². The van der Waals surface area contributed by atoms with Crippen molar-refractivity contribution in [2.45, 2.75) is 19.4 Å². The predicted octanol–water partition coefficient (Wildman–Crippen LogP) is 1.40. The minimum Gasteiger partial charge on any atom is -0.484 e. The van der Waals surface area contributed by atoms with Crippen LogP contribution in [0.4, 0.5) is 0 Å². The Balaban J connectivity index is 1.51. The van der Waals surface area contributed by atoms with E-state index in [0.29, 0.717) is 17.9 Å². The maximum Gasteiger partial charge on any atom is 0.336 e. The molecule has 0 saturated carbocycles. The van der Waals surface area contributed by atoms with Crippen LogP contribution in [0.1, 0.15) is 13.8 Å². The van der Waals surface area contributed by atoms with Gasteiger partial charge < -0.3 is 19.2 Å². The topological polar surface area (TPSA) is 81.0 Å². The maximum atomic E-state index is 12.1. The van der Waals surface area contributed by atoms with Gasteiger partial charge in [-0.1, -0.05) is 0 Å². The first-order valence-electron chi connectivity index (χ1n) is 8.70. The van der Waals surface area contributed by atoms with Gasteiger partial charge in [-0.25, -0.2) is 4.79 Å². The first-order chi connectivity index (χ1) is 12.4. The Hall–Kier alpha value is -2.38. The second-order valence-corrected chi connectivity index (χ2v) is 6.93. The van der Waals surface area contributed by atoms with E-state index >= 15 is 0 Å². The van der Waals surface area contributed by atoms with Crippen molar-refractivity contribution in [3.63, 3.8) is 0 Å². The highest BCUT2D eigenvalue weighted by molar-refractivity contribution is 5.79. The molecule has 0 unspecified atom stereocenters. The van der Waals surface area contributed by atoms with Crippen molar-refractivity contribution in [1.82, 2.24) is 10.2 Å². The number of morpholine rings is 1. The number of amides is 1. The van der Waals surface area contributed by atoms with Gasteiger partial charge in [0, 0.05) is 42.7 Å². The van der Waals surface area contributed by atoms with Crippen LogP contribution in [0.2, 0.25) is 0 Å². The molecule has 1 aliphatic rings. The molecule has 140 valence electrons. The molecule has 3 rings (SSSR count). The molecule has 2 aromatic rings. The minimum absolute atomic E-state index is 0.0955. The van der Waals surface area contributed by atoms with E-state index in [1.54, 1.807) is 24.3 Å². The van der Waals surface area contributed by atoms with E-state index in [2.05, 4.69) is 24.1 Å². The van der Waals surface area contributed by atoms with E-state index in [4.69, 9.17) is 13.9 Å². The molecule has 1 N–H and O–H groups in total. The van der Waals surface area contributed by atoms with Crippen LogP contribution in [0.25, 0.3) is 11.0 Å². The van der Waals surface area contributed by atoms with Gasteiger partial charge in [0.1, 0.15) is 11.3 Å². The van der Waals surface area contributed by atoms with Crippen molar-refractivity contribution in [2.75, 3.05) is 39.5 Å². The molecule has 7 nitrogen and oxygen atoms in total. The molecular weight excluding hydrogens is 336 g/mol. The molecule has 26 heavy (non-hydrogen) atoms. The number of benzene rings is 1. The summed E-state index contributed by atoms with van der Waals surface area (Å²) in [5.41, 5.74) is -0.132. The summed E-state index contributed by atoms with van der Waals surface area (Å²) in [6.07, 6.45) is 0. The van der Waals surface area contributed by atoms with Crippen molar-refractivity contribution < 1.29 is 18.7 Å². The number of fused-ring (bicyclic) bond motifs is 1. The molecule has 2 heterocycles. The largest absolute Gasteiger partial charge is 0.484 e. The Kier molecular flexibility index (Phi) is 5.58. The van der Waals surface area contributed by atoms with Crippen molar-refractivity contribution >= 4 is 16.9 Å². The molecular formula is C19H24N2O5. The van der Waals surface area contributed by atoms with Gasteiger partial charge in [0.15, 0.2) is 6.61 Å². The van der Waals surface area contributed by atoms with Crippen LogP contribution in [-0.2, 0) is 9.53 Å². The quantitative estimate of drug-likeness (QED) is 0.785. The third kappa shape index (κ3) is 4.62. The summed E-state index contributed by atoms with van der Waals surface area (Å²) in [6.45, 7) is 7.81. The molecule has 1 saturated heterocycles. The molecule has 1 fully saturated rings. The molecule has 7 heteroatoms. The lowest BCUT2D eigenvalue weighted by atomic mass is 10.0. The van der Waals surface area contributed by atoms with Gasteiger partial charge in [-0.3, -0.25) is 9.69 Å². The van der Waals surface area contributed by atoms with Crippen LogP contribution in [-0.4, -0.2) is 55.8 Å². The number of carbonyl (C=O) groups excluding carboxylic acids is 1. The summed E-state index contributed by atoms with van der Waals surface area (Å²) in [4.78, 5) is 25.7. The third-order valence-electron chi connectivity index (χ3n) is 4.55. The SMILES string of the molecule is CC(C)(CNC(=O)COc1ccc2ccc(=O)oc2c1)N1CCOCC1. The van der Waals surface area contributed by atoms with Crippen molar-refractivity contribution in [3.8, 4) is 5.75 Å². The third-order valence-corrected chi connectivity index (χ3v) is 4.55. The zero-order valence-corrected chi connectivity index (χ0v) is 15.1. The van der Waals surface area contributed by atoms with Gasteiger partial charge in [0.2, 0.25) is 0 Å². The van der Waals surface area contributed by atoms with Gasteiger partial charge in [-0.2, -0.15) is 0 Å². The number of nitrogens with one attached hydrogen (secondary N) is 1. The lowest BCUT2D eigenvalue weighted by Gasteiger charge is -2.40. The highest BCUT2D eigenvalue weighted by atomic mass is 16.5. The number of carbonyl (C=O) groups is 1. The molecule has 1 aromatic carbocycles. The number of hydrogen-bond acceptors (Lipinski definition) is 6. The first-order valence-corrected chi connectivity index (χ1v) is 8.70. The van der Waals surface area contributed by atoms with Crippen molar-refractivity contribution in [3.05, 3.63) is 40.8 Å². The van der Waals surface area contributed by atoms with Crippen LogP contribution in [0.3, 0.4) is 0 Å². The van der Waals surface area contributed by atoms with Crippen LogP contribution < -0.4 is 15.7 Å². The molecule has 0 bridgehead atoms. The average Bonchev–Trinajstić information content (AvgIpc) is 2.65. The molecule has 1 aromatic heterocycles. The average molecular weight is 360 g/mol.